The summed E-state index contributed by atoms with van der Waals surface area (Å²) in [5.41, 5.74) is 1.16. The van der Waals surface area contributed by atoms with Crippen molar-refractivity contribution in [2.24, 2.45) is 0 Å². The van der Waals surface area contributed by atoms with Crippen molar-refractivity contribution in [1.82, 2.24) is 0 Å². The first kappa shape index (κ1) is 12.8. The number of carbonyl (C=O) groups is 1. The average Bonchev–Trinajstić information content (AvgIpc) is 2.34. The van der Waals surface area contributed by atoms with Gasteiger partial charge in [-0.3, -0.25) is 0 Å². The Kier molecular flexibility index (Phi) is 5.62. The lowest BCUT2D eigenvalue weighted by Crippen LogP contribution is -2.02. The van der Waals surface area contributed by atoms with Gasteiger partial charge in [0.15, 0.2) is 0 Å². The number of methoxy groups -OCH3 is 1. The minimum atomic E-state index is 0.300. The Labute approximate surface area is 97.6 Å². The molecule has 1 aromatic carbocycles. The Balaban J connectivity index is 2.85. The van der Waals surface area contributed by atoms with E-state index in [-0.39, 0.29) is 0 Å². The van der Waals surface area contributed by atoms with Gasteiger partial charge < -0.3 is 9.53 Å². The molecule has 1 rings (SSSR count). The van der Waals surface area contributed by atoms with E-state index in [2.05, 4.69) is 13.0 Å². The van der Waals surface area contributed by atoms with E-state index in [1.807, 2.05) is 18.2 Å². The lowest BCUT2D eigenvalue weighted by atomic mass is 9.90. The molecule has 0 aliphatic rings. The van der Waals surface area contributed by atoms with Gasteiger partial charge in [-0.2, -0.15) is 0 Å². The second kappa shape index (κ2) is 7.04. The third-order valence-corrected chi connectivity index (χ3v) is 2.87. The summed E-state index contributed by atoms with van der Waals surface area (Å²) in [5, 5.41) is 0. The van der Waals surface area contributed by atoms with Crippen LogP contribution in [0.25, 0.3) is 0 Å². The molecule has 0 heterocycles. The zero-order valence-corrected chi connectivity index (χ0v) is 10.1. The summed E-state index contributed by atoms with van der Waals surface area (Å²) in [6, 6.07) is 7.98. The molecule has 1 aromatic rings. The maximum Gasteiger partial charge on any atom is 0.122 e. The van der Waals surface area contributed by atoms with Crippen LogP contribution in [-0.2, 0) is 4.79 Å². The monoisotopic (exact) mass is 220 g/mol. The fourth-order valence-corrected chi connectivity index (χ4v) is 1.97. The Morgan fingerprint density at radius 2 is 2.12 bits per heavy atom. The molecule has 0 saturated heterocycles. The van der Waals surface area contributed by atoms with E-state index in [1.165, 1.54) is 0 Å². The van der Waals surface area contributed by atoms with Crippen LogP contribution in [0.2, 0.25) is 0 Å². The normalized spacial score (nSPS) is 12.1. The van der Waals surface area contributed by atoms with Crippen molar-refractivity contribution < 1.29 is 9.53 Å². The first-order valence-corrected chi connectivity index (χ1v) is 5.90. The van der Waals surface area contributed by atoms with Crippen LogP contribution in [0, 0.1) is 0 Å². The van der Waals surface area contributed by atoms with Crippen LogP contribution in [0.4, 0.5) is 0 Å². The van der Waals surface area contributed by atoms with Gasteiger partial charge in [0.05, 0.1) is 7.11 Å². The number of benzene rings is 1. The highest BCUT2D eigenvalue weighted by molar-refractivity contribution is 5.53. The number of aldehydes is 1. The zero-order valence-electron chi connectivity index (χ0n) is 10.1. The first-order valence-electron chi connectivity index (χ1n) is 5.90. The lowest BCUT2D eigenvalue weighted by Gasteiger charge is -2.17. The van der Waals surface area contributed by atoms with Gasteiger partial charge in [0.1, 0.15) is 12.0 Å². The molecular weight excluding hydrogens is 200 g/mol. The Morgan fingerprint density at radius 1 is 1.38 bits per heavy atom. The molecule has 0 aliphatic carbocycles. The summed E-state index contributed by atoms with van der Waals surface area (Å²) in [5.74, 6) is 1.19. The fourth-order valence-electron chi connectivity index (χ4n) is 1.97. The quantitative estimate of drug-likeness (QED) is 0.657. The van der Waals surface area contributed by atoms with Crippen LogP contribution < -0.4 is 4.74 Å². The minimum absolute atomic E-state index is 0.300. The van der Waals surface area contributed by atoms with Gasteiger partial charge in [-0.05, 0) is 24.0 Å². The molecule has 0 unspecified atom stereocenters. The maximum absolute atomic E-state index is 10.7. The van der Waals surface area contributed by atoms with Crippen molar-refractivity contribution in [3.05, 3.63) is 29.8 Å². The van der Waals surface area contributed by atoms with E-state index in [0.717, 1.165) is 36.9 Å². The van der Waals surface area contributed by atoms with Crippen LogP contribution in [0.15, 0.2) is 24.3 Å². The number of carbonyl (C=O) groups excluding carboxylic acids is 1. The van der Waals surface area contributed by atoms with E-state index in [0.29, 0.717) is 12.3 Å². The van der Waals surface area contributed by atoms with Crippen LogP contribution in [0.3, 0.4) is 0 Å². The third kappa shape index (κ3) is 3.37. The van der Waals surface area contributed by atoms with Gasteiger partial charge in [0.2, 0.25) is 0 Å². The van der Waals surface area contributed by atoms with Gasteiger partial charge in [-0.25, -0.2) is 0 Å². The highest BCUT2D eigenvalue weighted by Crippen LogP contribution is 2.31. The molecule has 0 saturated carbocycles. The summed E-state index contributed by atoms with van der Waals surface area (Å²) >= 11 is 0. The number of hydrogen-bond donors (Lipinski definition) is 0. The molecule has 0 N–H and O–H groups in total. The molecule has 0 spiro atoms. The van der Waals surface area contributed by atoms with E-state index in [4.69, 9.17) is 4.74 Å². The van der Waals surface area contributed by atoms with Gasteiger partial charge in [0, 0.05) is 6.42 Å². The molecule has 0 bridgehead atoms. The molecule has 0 aliphatic heterocycles. The molecular formula is C14H20O2. The predicted octanol–water partition coefficient (Wildman–Crippen LogP) is 3.56. The lowest BCUT2D eigenvalue weighted by molar-refractivity contribution is -0.108. The summed E-state index contributed by atoms with van der Waals surface area (Å²) in [6.07, 6.45) is 4.95. The van der Waals surface area contributed by atoms with Crippen molar-refractivity contribution in [3.63, 3.8) is 0 Å². The van der Waals surface area contributed by atoms with E-state index < -0.39 is 0 Å². The molecule has 0 amide bonds. The van der Waals surface area contributed by atoms with E-state index >= 15 is 0 Å². The van der Waals surface area contributed by atoms with Crippen molar-refractivity contribution in [3.8, 4) is 5.75 Å². The standard InChI is InChI=1S/C14H20O2/c1-3-4-7-12(10-11-15)13-8-5-6-9-14(13)16-2/h5-6,8-9,11-12H,3-4,7,10H2,1-2H3/t12-/m1/s1. The van der Waals surface area contributed by atoms with Crippen LogP contribution in [0.5, 0.6) is 5.75 Å². The van der Waals surface area contributed by atoms with Crippen LogP contribution in [-0.4, -0.2) is 13.4 Å². The summed E-state index contributed by atoms with van der Waals surface area (Å²) < 4.78 is 5.34. The Hall–Kier alpha value is -1.31. The molecule has 16 heavy (non-hydrogen) atoms. The second-order valence-corrected chi connectivity index (χ2v) is 3.98. The van der Waals surface area contributed by atoms with Gasteiger partial charge in [-0.15, -0.1) is 0 Å². The van der Waals surface area contributed by atoms with Crippen molar-refractivity contribution in [1.29, 1.82) is 0 Å². The van der Waals surface area contributed by atoms with Gasteiger partial charge in [0.25, 0.3) is 0 Å². The average molecular weight is 220 g/mol. The molecule has 1 atom stereocenters. The number of hydrogen-bond acceptors (Lipinski definition) is 2. The van der Waals surface area contributed by atoms with Gasteiger partial charge in [-0.1, -0.05) is 38.0 Å². The number of unbranched alkanes of at least 4 members (excludes halogenated alkanes) is 1. The molecule has 2 nitrogen and oxygen atoms in total. The first-order chi connectivity index (χ1) is 7.83. The Morgan fingerprint density at radius 3 is 2.75 bits per heavy atom. The SMILES string of the molecule is CCCC[C@H](CC=O)c1ccccc1OC. The fraction of sp³-hybridized carbons (Fsp3) is 0.500. The summed E-state index contributed by atoms with van der Waals surface area (Å²) in [4.78, 5) is 10.7. The number of para-hydroxylation sites is 1. The van der Waals surface area contributed by atoms with Crippen molar-refractivity contribution in [2.45, 2.75) is 38.5 Å². The number of ether oxygens (including phenoxy) is 1. The maximum atomic E-state index is 10.7. The van der Waals surface area contributed by atoms with Crippen LogP contribution in [0.1, 0.15) is 44.1 Å². The van der Waals surface area contributed by atoms with Crippen molar-refractivity contribution >= 4 is 6.29 Å². The van der Waals surface area contributed by atoms with Crippen molar-refractivity contribution in [2.75, 3.05) is 7.11 Å². The smallest absolute Gasteiger partial charge is 0.122 e. The van der Waals surface area contributed by atoms with E-state index in [9.17, 15) is 4.79 Å². The molecule has 2 heteroatoms. The van der Waals surface area contributed by atoms with Gasteiger partial charge >= 0.3 is 0 Å². The molecule has 0 radical (unpaired) electrons. The van der Waals surface area contributed by atoms with E-state index in [1.54, 1.807) is 7.11 Å². The number of rotatable bonds is 7. The van der Waals surface area contributed by atoms with Crippen LogP contribution >= 0.6 is 0 Å². The molecule has 88 valence electrons. The highest BCUT2D eigenvalue weighted by atomic mass is 16.5. The second-order valence-electron chi connectivity index (χ2n) is 3.98. The third-order valence-electron chi connectivity index (χ3n) is 2.87. The molecule has 0 aromatic heterocycles. The highest BCUT2D eigenvalue weighted by Gasteiger charge is 2.14. The Bertz CT molecular complexity index is 320. The summed E-state index contributed by atoms with van der Waals surface area (Å²) in [6.45, 7) is 2.17. The predicted molar refractivity (Wildman–Crippen MR) is 65.9 cm³/mol. The topological polar surface area (TPSA) is 26.3 Å². The molecule has 0 fully saturated rings. The summed E-state index contributed by atoms with van der Waals surface area (Å²) in [7, 11) is 1.68. The largest absolute Gasteiger partial charge is 0.496 e. The zero-order chi connectivity index (χ0) is 11.8. The minimum Gasteiger partial charge on any atom is -0.496 e.